The fourth-order valence-corrected chi connectivity index (χ4v) is 1.62. The maximum Gasteiger partial charge on any atom is 0.331 e. The van der Waals surface area contributed by atoms with Gasteiger partial charge in [-0.2, -0.15) is 9.49 Å². The first-order valence-corrected chi connectivity index (χ1v) is 4.36. The Bertz CT molecular complexity index is 525. The lowest BCUT2D eigenvalue weighted by molar-refractivity contribution is -0.385. The number of halogens is 2. The average Bonchev–Trinajstić information content (AvgIpc) is 2.52. The molecule has 1 heterocycles. The van der Waals surface area contributed by atoms with E-state index in [1.54, 1.807) is 0 Å². The fraction of sp³-hybridized carbons (Fsp3) is 0. The van der Waals surface area contributed by atoms with E-state index in [2.05, 4.69) is 26.1 Å². The third-order valence-corrected chi connectivity index (χ3v) is 2.36. The largest absolute Gasteiger partial charge is 0.331 e. The van der Waals surface area contributed by atoms with Gasteiger partial charge in [-0.3, -0.25) is 15.2 Å². The molecule has 0 aliphatic rings. The van der Waals surface area contributed by atoms with Crippen LogP contribution in [0.2, 0.25) is 0 Å². The Morgan fingerprint density at radius 2 is 2.36 bits per heavy atom. The van der Waals surface area contributed by atoms with Crippen molar-refractivity contribution in [1.29, 1.82) is 0 Å². The molecule has 5 nitrogen and oxygen atoms in total. The molecule has 0 unspecified atom stereocenters. The van der Waals surface area contributed by atoms with Gasteiger partial charge in [0.1, 0.15) is 5.52 Å². The number of fused-ring (bicyclic) bond motifs is 1. The highest BCUT2D eigenvalue weighted by atomic mass is 79.9. The van der Waals surface area contributed by atoms with Gasteiger partial charge in [-0.25, -0.2) is 0 Å². The van der Waals surface area contributed by atoms with E-state index in [1.807, 2.05) is 0 Å². The zero-order valence-electron chi connectivity index (χ0n) is 6.62. The van der Waals surface area contributed by atoms with Crippen molar-refractivity contribution in [1.82, 2.24) is 10.2 Å². The Hall–Kier alpha value is -1.50. The van der Waals surface area contributed by atoms with Gasteiger partial charge in [0.05, 0.1) is 15.6 Å². The predicted octanol–water partition coefficient (Wildman–Crippen LogP) is 2.37. The smallest absolute Gasteiger partial charge is 0.271 e. The molecular formula is C7H3BrFN3O2. The van der Waals surface area contributed by atoms with Crippen LogP contribution in [0.3, 0.4) is 0 Å². The SMILES string of the molecule is O=[N+]([O-])c1c(F)c(Br)cc2cn[nH]c12. The van der Waals surface area contributed by atoms with Crippen molar-refractivity contribution in [3.8, 4) is 0 Å². The molecule has 0 atom stereocenters. The van der Waals surface area contributed by atoms with E-state index in [0.717, 1.165) is 0 Å². The van der Waals surface area contributed by atoms with Crippen molar-refractivity contribution in [2.24, 2.45) is 0 Å². The Morgan fingerprint density at radius 3 is 3.00 bits per heavy atom. The molecular weight excluding hydrogens is 257 g/mol. The van der Waals surface area contributed by atoms with Gasteiger partial charge in [-0.1, -0.05) is 0 Å². The molecule has 0 fully saturated rings. The van der Waals surface area contributed by atoms with Crippen LogP contribution in [-0.2, 0) is 0 Å². The molecule has 14 heavy (non-hydrogen) atoms. The Kier molecular flexibility index (Phi) is 1.95. The molecule has 72 valence electrons. The van der Waals surface area contributed by atoms with E-state index in [4.69, 9.17) is 0 Å². The average molecular weight is 260 g/mol. The molecule has 1 aromatic heterocycles. The molecule has 1 N–H and O–H groups in total. The summed E-state index contributed by atoms with van der Waals surface area (Å²) in [4.78, 5) is 9.81. The van der Waals surface area contributed by atoms with Crippen molar-refractivity contribution >= 4 is 32.5 Å². The van der Waals surface area contributed by atoms with Crippen LogP contribution in [0.1, 0.15) is 0 Å². The van der Waals surface area contributed by atoms with Gasteiger partial charge in [0.15, 0.2) is 0 Å². The molecule has 2 rings (SSSR count). The number of hydrogen-bond acceptors (Lipinski definition) is 3. The molecule has 7 heteroatoms. The summed E-state index contributed by atoms with van der Waals surface area (Å²) in [6, 6.07) is 1.43. The van der Waals surface area contributed by atoms with Gasteiger partial charge in [0.2, 0.25) is 5.82 Å². The lowest BCUT2D eigenvalue weighted by Gasteiger charge is -1.97. The number of benzene rings is 1. The molecule has 0 spiro atoms. The van der Waals surface area contributed by atoms with E-state index in [-0.39, 0.29) is 9.99 Å². The number of aromatic nitrogens is 2. The summed E-state index contributed by atoms with van der Waals surface area (Å²) >= 11 is 2.90. The van der Waals surface area contributed by atoms with Crippen LogP contribution < -0.4 is 0 Å². The van der Waals surface area contributed by atoms with Crippen LogP contribution in [0.4, 0.5) is 10.1 Å². The quantitative estimate of drug-likeness (QED) is 0.631. The van der Waals surface area contributed by atoms with Crippen LogP contribution in [0, 0.1) is 15.9 Å². The maximum absolute atomic E-state index is 13.3. The number of nitrogens with one attached hydrogen (secondary N) is 1. The zero-order valence-corrected chi connectivity index (χ0v) is 8.21. The van der Waals surface area contributed by atoms with E-state index >= 15 is 0 Å². The minimum Gasteiger partial charge on any atom is -0.271 e. The van der Waals surface area contributed by atoms with Crippen molar-refractivity contribution in [3.63, 3.8) is 0 Å². The molecule has 2 aromatic rings. The fourth-order valence-electron chi connectivity index (χ4n) is 1.19. The summed E-state index contributed by atoms with van der Waals surface area (Å²) in [5.41, 5.74) is -0.498. The monoisotopic (exact) mass is 259 g/mol. The van der Waals surface area contributed by atoms with Gasteiger partial charge in [0.25, 0.3) is 0 Å². The third kappa shape index (κ3) is 1.17. The maximum atomic E-state index is 13.3. The number of H-pyrrole nitrogens is 1. The number of rotatable bonds is 1. The summed E-state index contributed by atoms with van der Waals surface area (Å²) in [6.07, 6.45) is 1.40. The van der Waals surface area contributed by atoms with Gasteiger partial charge in [-0.05, 0) is 22.0 Å². The second kappa shape index (κ2) is 3.02. The Labute approximate surface area is 85.2 Å². The minimum atomic E-state index is -0.897. The standard InChI is InChI=1S/C7H3BrFN3O2/c8-4-1-3-2-10-11-6(3)7(5(4)9)12(13)14/h1-2H,(H,10,11). The van der Waals surface area contributed by atoms with Crippen LogP contribution >= 0.6 is 15.9 Å². The number of nitro benzene ring substituents is 1. The van der Waals surface area contributed by atoms with Crippen LogP contribution in [0.15, 0.2) is 16.7 Å². The number of hydrogen-bond donors (Lipinski definition) is 1. The Morgan fingerprint density at radius 1 is 1.64 bits per heavy atom. The second-order valence-corrected chi connectivity index (χ2v) is 3.47. The Balaban J connectivity index is 2.93. The van der Waals surface area contributed by atoms with Crippen molar-refractivity contribution < 1.29 is 9.31 Å². The minimum absolute atomic E-state index is 0.0538. The van der Waals surface area contributed by atoms with Crippen molar-refractivity contribution in [2.75, 3.05) is 0 Å². The first-order valence-electron chi connectivity index (χ1n) is 3.56. The van der Waals surface area contributed by atoms with Gasteiger partial charge < -0.3 is 0 Å². The molecule has 0 amide bonds. The topological polar surface area (TPSA) is 71.8 Å². The third-order valence-electron chi connectivity index (χ3n) is 1.79. The second-order valence-electron chi connectivity index (χ2n) is 2.61. The van der Waals surface area contributed by atoms with Gasteiger partial charge in [-0.15, -0.1) is 0 Å². The van der Waals surface area contributed by atoms with E-state index < -0.39 is 16.4 Å². The summed E-state index contributed by atoms with van der Waals surface area (Å²) < 4.78 is 13.4. The molecule has 0 radical (unpaired) electrons. The lowest BCUT2D eigenvalue weighted by Crippen LogP contribution is -1.94. The number of aromatic amines is 1. The predicted molar refractivity (Wildman–Crippen MR) is 50.4 cm³/mol. The van der Waals surface area contributed by atoms with Gasteiger partial charge in [0, 0.05) is 5.39 Å². The first-order chi connectivity index (χ1) is 6.61. The van der Waals surface area contributed by atoms with Crippen LogP contribution in [0.5, 0.6) is 0 Å². The first kappa shape index (κ1) is 9.07. The van der Waals surface area contributed by atoms with E-state index in [9.17, 15) is 14.5 Å². The van der Waals surface area contributed by atoms with E-state index in [0.29, 0.717) is 5.39 Å². The molecule has 0 saturated carbocycles. The highest BCUT2D eigenvalue weighted by molar-refractivity contribution is 9.10. The van der Waals surface area contributed by atoms with Gasteiger partial charge >= 0.3 is 5.69 Å². The summed E-state index contributed by atoms with van der Waals surface area (Å²) in [6.45, 7) is 0. The van der Waals surface area contributed by atoms with Crippen molar-refractivity contribution in [3.05, 3.63) is 32.7 Å². The number of nitrogens with zero attached hydrogens (tertiary/aromatic N) is 2. The molecule has 0 aliphatic heterocycles. The van der Waals surface area contributed by atoms with Crippen LogP contribution in [-0.4, -0.2) is 15.1 Å². The molecule has 0 bridgehead atoms. The summed E-state index contributed by atoms with van der Waals surface area (Å²) in [5.74, 6) is -0.897. The van der Waals surface area contributed by atoms with Crippen LogP contribution in [0.25, 0.3) is 10.9 Å². The summed E-state index contributed by atoms with van der Waals surface area (Å²) in [5, 5.41) is 17.1. The van der Waals surface area contributed by atoms with E-state index in [1.165, 1.54) is 12.3 Å². The van der Waals surface area contributed by atoms with Crippen molar-refractivity contribution in [2.45, 2.75) is 0 Å². The summed E-state index contributed by atoms with van der Waals surface area (Å²) in [7, 11) is 0. The normalized spacial score (nSPS) is 10.7. The highest BCUT2D eigenvalue weighted by Gasteiger charge is 2.23. The molecule has 1 aromatic carbocycles. The number of nitro groups is 1. The highest BCUT2D eigenvalue weighted by Crippen LogP contribution is 2.32. The molecule has 0 saturated heterocycles. The molecule has 0 aliphatic carbocycles. The zero-order chi connectivity index (χ0) is 10.3. The lowest BCUT2D eigenvalue weighted by atomic mass is 10.2.